The van der Waals surface area contributed by atoms with Gasteiger partial charge in [-0.05, 0) is 54.2 Å². The van der Waals surface area contributed by atoms with E-state index in [1.54, 1.807) is 6.07 Å². The summed E-state index contributed by atoms with van der Waals surface area (Å²) in [7, 11) is -3.46. The molecule has 1 heterocycles. The van der Waals surface area contributed by atoms with E-state index in [9.17, 15) is 8.42 Å². The molecule has 0 spiro atoms. The van der Waals surface area contributed by atoms with Gasteiger partial charge < -0.3 is 5.32 Å². The molecule has 2 N–H and O–H groups in total. The van der Waals surface area contributed by atoms with Gasteiger partial charge in [0, 0.05) is 17.5 Å². The Bertz CT molecular complexity index is 541. The quantitative estimate of drug-likeness (QED) is 0.668. The normalized spacial score (nSPS) is 13.8. The van der Waals surface area contributed by atoms with E-state index in [2.05, 4.69) is 39.8 Å². The van der Waals surface area contributed by atoms with Crippen molar-refractivity contribution in [3.63, 3.8) is 0 Å². The first kappa shape index (κ1) is 19.1. The summed E-state index contributed by atoms with van der Waals surface area (Å²) < 4.78 is 28.3. The van der Waals surface area contributed by atoms with Gasteiger partial charge in [0.1, 0.15) is 4.90 Å². The Kier molecular flexibility index (Phi) is 7.84. The van der Waals surface area contributed by atoms with Crippen molar-refractivity contribution in [1.29, 1.82) is 0 Å². The molecule has 122 valence electrons. The second-order valence-electron chi connectivity index (χ2n) is 5.62. The standard InChI is InChI=1S/C14H25BrN2O2S2/c1-5-16-9-12-8-13(14(15)20-12)21(18,19)17-11(4)7-6-10(2)3/h8,10-11,16-17H,5-7,9H2,1-4H3. The van der Waals surface area contributed by atoms with Gasteiger partial charge in [0.15, 0.2) is 0 Å². The molecule has 0 fully saturated rings. The third-order valence-electron chi connectivity index (χ3n) is 3.08. The average molecular weight is 397 g/mol. The Morgan fingerprint density at radius 3 is 2.52 bits per heavy atom. The summed E-state index contributed by atoms with van der Waals surface area (Å²) in [5.41, 5.74) is 0. The molecular formula is C14H25BrN2O2S2. The number of nitrogens with one attached hydrogen (secondary N) is 2. The molecule has 0 aliphatic rings. The number of hydrogen-bond acceptors (Lipinski definition) is 4. The van der Waals surface area contributed by atoms with Gasteiger partial charge in [0.2, 0.25) is 10.0 Å². The average Bonchev–Trinajstić information content (AvgIpc) is 2.75. The van der Waals surface area contributed by atoms with Crippen molar-refractivity contribution in [3.8, 4) is 0 Å². The fourth-order valence-corrected chi connectivity index (χ4v) is 5.82. The molecule has 0 saturated carbocycles. The second-order valence-corrected chi connectivity index (χ2v) is 9.76. The van der Waals surface area contributed by atoms with E-state index in [1.165, 1.54) is 11.3 Å². The van der Waals surface area contributed by atoms with Crippen molar-refractivity contribution < 1.29 is 8.42 Å². The van der Waals surface area contributed by atoms with Crippen molar-refractivity contribution in [3.05, 3.63) is 14.7 Å². The maximum atomic E-state index is 12.4. The van der Waals surface area contributed by atoms with Crippen LogP contribution in [0.2, 0.25) is 0 Å². The predicted molar refractivity (Wildman–Crippen MR) is 93.3 cm³/mol. The van der Waals surface area contributed by atoms with Crippen LogP contribution in [0.25, 0.3) is 0 Å². The number of rotatable bonds is 9. The van der Waals surface area contributed by atoms with E-state index in [1.807, 2.05) is 13.8 Å². The van der Waals surface area contributed by atoms with Gasteiger partial charge in [0.05, 0.1) is 3.79 Å². The highest BCUT2D eigenvalue weighted by molar-refractivity contribution is 9.11. The van der Waals surface area contributed by atoms with Gasteiger partial charge in [-0.1, -0.05) is 20.8 Å². The Labute approximate surface area is 140 Å². The first-order chi connectivity index (χ1) is 9.76. The topological polar surface area (TPSA) is 58.2 Å². The van der Waals surface area contributed by atoms with Gasteiger partial charge in [-0.25, -0.2) is 13.1 Å². The third kappa shape index (κ3) is 6.36. The van der Waals surface area contributed by atoms with Crippen molar-refractivity contribution in [2.45, 2.75) is 58.0 Å². The van der Waals surface area contributed by atoms with Crippen LogP contribution in [-0.2, 0) is 16.6 Å². The molecule has 21 heavy (non-hydrogen) atoms. The van der Waals surface area contributed by atoms with Crippen LogP contribution in [0.3, 0.4) is 0 Å². The smallest absolute Gasteiger partial charge is 0.242 e. The molecule has 0 aliphatic heterocycles. The zero-order valence-electron chi connectivity index (χ0n) is 13.1. The Hall–Kier alpha value is 0.0500. The molecule has 0 aromatic carbocycles. The van der Waals surface area contributed by atoms with Crippen LogP contribution in [0.5, 0.6) is 0 Å². The minimum Gasteiger partial charge on any atom is -0.312 e. The largest absolute Gasteiger partial charge is 0.312 e. The minimum absolute atomic E-state index is 0.0542. The highest BCUT2D eigenvalue weighted by Crippen LogP contribution is 2.31. The molecule has 1 atom stereocenters. The first-order valence-corrected chi connectivity index (χ1v) is 10.4. The summed E-state index contributed by atoms with van der Waals surface area (Å²) in [6, 6.07) is 1.69. The van der Waals surface area contributed by atoms with E-state index in [4.69, 9.17) is 0 Å². The van der Waals surface area contributed by atoms with Crippen LogP contribution in [0.15, 0.2) is 14.7 Å². The van der Waals surface area contributed by atoms with Crippen LogP contribution in [0, 0.1) is 5.92 Å². The molecule has 0 aliphatic carbocycles. The number of sulfonamides is 1. The Morgan fingerprint density at radius 1 is 1.29 bits per heavy atom. The van der Waals surface area contributed by atoms with E-state index in [0.29, 0.717) is 21.1 Å². The molecule has 0 bridgehead atoms. The maximum absolute atomic E-state index is 12.4. The SMILES string of the molecule is CCNCc1cc(S(=O)(=O)NC(C)CCC(C)C)c(Br)s1. The van der Waals surface area contributed by atoms with Gasteiger partial charge in [-0.15, -0.1) is 11.3 Å². The van der Waals surface area contributed by atoms with E-state index in [0.717, 1.165) is 24.3 Å². The molecule has 1 rings (SSSR count). The first-order valence-electron chi connectivity index (χ1n) is 7.27. The van der Waals surface area contributed by atoms with E-state index < -0.39 is 10.0 Å². The van der Waals surface area contributed by atoms with Gasteiger partial charge >= 0.3 is 0 Å². The predicted octanol–water partition coefficient (Wildman–Crippen LogP) is 3.72. The fourth-order valence-electron chi connectivity index (χ4n) is 1.89. The van der Waals surface area contributed by atoms with Crippen LogP contribution < -0.4 is 10.0 Å². The molecule has 1 unspecified atom stereocenters. The van der Waals surface area contributed by atoms with Gasteiger partial charge in [-0.3, -0.25) is 0 Å². The minimum atomic E-state index is -3.46. The molecule has 7 heteroatoms. The van der Waals surface area contributed by atoms with Crippen LogP contribution in [-0.4, -0.2) is 21.0 Å². The molecule has 0 amide bonds. The lowest BCUT2D eigenvalue weighted by molar-refractivity contribution is 0.485. The fraction of sp³-hybridized carbons (Fsp3) is 0.714. The van der Waals surface area contributed by atoms with E-state index in [-0.39, 0.29) is 6.04 Å². The van der Waals surface area contributed by atoms with Crippen molar-refractivity contribution in [2.24, 2.45) is 5.92 Å². The summed E-state index contributed by atoms with van der Waals surface area (Å²) in [6.07, 6.45) is 1.86. The Balaban J connectivity index is 2.75. The van der Waals surface area contributed by atoms with Crippen LogP contribution in [0.4, 0.5) is 0 Å². The molecule has 4 nitrogen and oxygen atoms in total. The summed E-state index contributed by atoms with van der Waals surface area (Å²) >= 11 is 4.83. The lowest BCUT2D eigenvalue weighted by atomic mass is 10.1. The zero-order chi connectivity index (χ0) is 16.0. The number of hydrogen-bond donors (Lipinski definition) is 2. The van der Waals surface area contributed by atoms with Crippen LogP contribution in [0.1, 0.15) is 45.4 Å². The molecule has 1 aromatic rings. The maximum Gasteiger partial charge on any atom is 0.242 e. The molecule has 1 aromatic heterocycles. The van der Waals surface area contributed by atoms with E-state index >= 15 is 0 Å². The third-order valence-corrected chi connectivity index (χ3v) is 6.92. The molecular weight excluding hydrogens is 372 g/mol. The van der Waals surface area contributed by atoms with Crippen molar-refractivity contribution >= 4 is 37.3 Å². The highest BCUT2D eigenvalue weighted by Gasteiger charge is 2.22. The summed E-state index contributed by atoms with van der Waals surface area (Å²) in [5, 5.41) is 3.20. The summed E-state index contributed by atoms with van der Waals surface area (Å²) in [6.45, 7) is 9.78. The summed E-state index contributed by atoms with van der Waals surface area (Å²) in [5.74, 6) is 0.580. The van der Waals surface area contributed by atoms with Gasteiger partial charge in [0.25, 0.3) is 0 Å². The zero-order valence-corrected chi connectivity index (χ0v) is 16.3. The molecule has 0 saturated heterocycles. The number of thiophene rings is 1. The Morgan fingerprint density at radius 2 is 1.95 bits per heavy atom. The monoisotopic (exact) mass is 396 g/mol. The van der Waals surface area contributed by atoms with Crippen molar-refractivity contribution in [2.75, 3.05) is 6.54 Å². The summed E-state index contributed by atoms with van der Waals surface area (Å²) in [4.78, 5) is 1.36. The number of halogens is 1. The molecule has 0 radical (unpaired) electrons. The lowest BCUT2D eigenvalue weighted by Crippen LogP contribution is -2.32. The lowest BCUT2D eigenvalue weighted by Gasteiger charge is -2.15. The van der Waals surface area contributed by atoms with Crippen molar-refractivity contribution in [1.82, 2.24) is 10.0 Å². The highest BCUT2D eigenvalue weighted by atomic mass is 79.9. The van der Waals surface area contributed by atoms with Gasteiger partial charge in [-0.2, -0.15) is 0 Å². The van der Waals surface area contributed by atoms with Crippen LogP contribution >= 0.6 is 27.3 Å². The second kappa shape index (κ2) is 8.62.